The number of carbonyl (C=O) groups is 3. The number of nitrogens with one attached hydrogen (secondary N) is 3. The van der Waals surface area contributed by atoms with Gasteiger partial charge in [-0.3, -0.25) is 14.4 Å². The van der Waals surface area contributed by atoms with Gasteiger partial charge < -0.3 is 21.3 Å². The summed E-state index contributed by atoms with van der Waals surface area (Å²) >= 11 is 1.40. The van der Waals surface area contributed by atoms with Crippen molar-refractivity contribution in [2.24, 2.45) is 5.73 Å². The first-order chi connectivity index (χ1) is 13.3. The van der Waals surface area contributed by atoms with Gasteiger partial charge in [0.25, 0.3) is 17.7 Å². The fraction of sp³-hybridized carbons (Fsp3) is 0.316. The van der Waals surface area contributed by atoms with E-state index in [-0.39, 0.29) is 30.7 Å². The summed E-state index contributed by atoms with van der Waals surface area (Å²) in [6.45, 7) is 0.117. The zero-order valence-electron chi connectivity index (χ0n) is 15.4. The summed E-state index contributed by atoms with van der Waals surface area (Å²) in [4.78, 5) is 38.0. The number of likely N-dealkylation sites (N-methyl/N-ethyl adjacent to an activating group) is 1. The summed E-state index contributed by atoms with van der Waals surface area (Å²) in [5.41, 5.74) is 7.35. The first kappa shape index (κ1) is 20.0. The summed E-state index contributed by atoms with van der Waals surface area (Å²) in [7, 11) is 1.72. The van der Waals surface area contributed by atoms with Crippen LogP contribution in [0.3, 0.4) is 0 Å². The highest BCUT2D eigenvalue weighted by Gasteiger charge is 2.26. The van der Waals surface area contributed by atoms with Crippen molar-refractivity contribution in [2.75, 3.05) is 30.8 Å². The number of primary amides is 1. The van der Waals surface area contributed by atoms with E-state index in [9.17, 15) is 18.8 Å². The predicted molar refractivity (Wildman–Crippen MR) is 105 cm³/mol. The van der Waals surface area contributed by atoms with Crippen LogP contribution in [0.4, 0.5) is 15.1 Å². The second-order valence-electron chi connectivity index (χ2n) is 6.84. The average Bonchev–Trinajstić information content (AvgIpc) is 3.16. The molecule has 9 heteroatoms. The highest BCUT2D eigenvalue weighted by atomic mass is 32.1. The average molecular weight is 405 g/mol. The zero-order valence-corrected chi connectivity index (χ0v) is 16.2. The van der Waals surface area contributed by atoms with Crippen molar-refractivity contribution in [2.45, 2.75) is 19.3 Å². The monoisotopic (exact) mass is 405 g/mol. The Morgan fingerprint density at radius 1 is 1.11 bits per heavy atom. The fourth-order valence-corrected chi connectivity index (χ4v) is 4.58. The molecule has 0 bridgehead atoms. The van der Waals surface area contributed by atoms with Gasteiger partial charge in [-0.05, 0) is 49.1 Å². The number of aryl methyl sites for hydroxylation is 1. The molecule has 1 unspecified atom stereocenters. The van der Waals surface area contributed by atoms with Crippen LogP contribution in [0.2, 0.25) is 0 Å². The molecule has 7 nitrogen and oxygen atoms in total. The quantitative estimate of drug-likeness (QED) is 0.541. The number of halogens is 1. The second-order valence-corrected chi connectivity index (χ2v) is 7.94. The Hall–Kier alpha value is -2.78. The molecule has 0 spiro atoms. The van der Waals surface area contributed by atoms with Gasteiger partial charge in [0, 0.05) is 10.6 Å². The lowest BCUT2D eigenvalue weighted by Gasteiger charge is -2.14. The number of fused-ring (bicyclic) bond motifs is 1. The molecule has 0 aliphatic heterocycles. The van der Waals surface area contributed by atoms with Crippen LogP contribution >= 0.6 is 11.3 Å². The predicted octanol–water partition coefficient (Wildman–Crippen LogP) is 0.567. The Morgan fingerprint density at radius 2 is 1.75 bits per heavy atom. The number of nitrogens with two attached hydrogens (primary N) is 1. The van der Waals surface area contributed by atoms with Crippen LogP contribution in [-0.2, 0) is 22.4 Å². The summed E-state index contributed by atoms with van der Waals surface area (Å²) < 4.78 is 12.9. The minimum absolute atomic E-state index is 0.0532. The first-order valence-electron chi connectivity index (χ1n) is 8.94. The van der Waals surface area contributed by atoms with Gasteiger partial charge in [-0.1, -0.05) is 0 Å². The van der Waals surface area contributed by atoms with Gasteiger partial charge in [0.05, 0.1) is 12.6 Å². The minimum Gasteiger partial charge on any atom is -0.365 e. The van der Waals surface area contributed by atoms with Crippen LogP contribution in [-0.4, -0.2) is 37.9 Å². The van der Waals surface area contributed by atoms with E-state index in [0.29, 0.717) is 21.2 Å². The molecule has 2 aromatic rings. The SMILES string of the molecule is C[NH+](CC(=O)Nc1ccc(F)cc1)CC(=O)Nc1sc2c(c1C(N)=O)CCC2. The standard InChI is InChI=1S/C19H21FN4O3S/c1-24(9-15(25)22-12-7-5-11(20)6-8-12)10-16(26)23-19-17(18(21)27)13-3-2-4-14(13)28-19/h5-8H,2-4,9-10H2,1H3,(H2,21,27)(H,22,25)(H,23,26)/p+1. The Morgan fingerprint density at radius 3 is 2.39 bits per heavy atom. The van der Waals surface area contributed by atoms with Crippen LogP contribution < -0.4 is 21.3 Å². The van der Waals surface area contributed by atoms with Crippen LogP contribution in [0.5, 0.6) is 0 Å². The Balaban J connectivity index is 1.54. The maximum atomic E-state index is 12.9. The van der Waals surface area contributed by atoms with Crippen LogP contribution in [0, 0.1) is 5.82 Å². The van der Waals surface area contributed by atoms with Gasteiger partial charge in [-0.15, -0.1) is 11.3 Å². The molecule has 28 heavy (non-hydrogen) atoms. The van der Waals surface area contributed by atoms with Crippen molar-refractivity contribution in [1.29, 1.82) is 0 Å². The lowest BCUT2D eigenvalue weighted by molar-refractivity contribution is -0.862. The fourth-order valence-electron chi connectivity index (χ4n) is 3.27. The van der Waals surface area contributed by atoms with Crippen molar-refractivity contribution < 1.29 is 23.7 Å². The highest BCUT2D eigenvalue weighted by molar-refractivity contribution is 7.17. The topological polar surface area (TPSA) is 106 Å². The molecule has 0 saturated heterocycles. The molecule has 0 fully saturated rings. The van der Waals surface area contributed by atoms with E-state index in [1.54, 1.807) is 7.05 Å². The largest absolute Gasteiger partial charge is 0.365 e. The maximum absolute atomic E-state index is 12.9. The molecule has 1 aromatic heterocycles. The van der Waals surface area contributed by atoms with E-state index in [1.807, 2.05) is 0 Å². The first-order valence-corrected chi connectivity index (χ1v) is 9.76. The van der Waals surface area contributed by atoms with Crippen LogP contribution in [0.15, 0.2) is 24.3 Å². The lowest BCUT2D eigenvalue weighted by atomic mass is 10.1. The molecule has 0 radical (unpaired) electrons. The second kappa shape index (κ2) is 8.49. The van der Waals surface area contributed by atoms with Crippen molar-refractivity contribution in [3.05, 3.63) is 46.1 Å². The zero-order chi connectivity index (χ0) is 20.3. The van der Waals surface area contributed by atoms with Gasteiger partial charge in [0.15, 0.2) is 13.1 Å². The molecular weight excluding hydrogens is 383 g/mol. The molecular formula is C19H22FN4O3S+. The molecule has 1 heterocycles. The molecule has 5 N–H and O–H groups in total. The molecule has 1 aromatic carbocycles. The van der Waals surface area contributed by atoms with E-state index in [2.05, 4.69) is 10.6 Å². The van der Waals surface area contributed by atoms with Gasteiger partial charge in [-0.2, -0.15) is 0 Å². The summed E-state index contributed by atoms with van der Waals surface area (Å²) in [6.07, 6.45) is 2.69. The van der Waals surface area contributed by atoms with E-state index >= 15 is 0 Å². The van der Waals surface area contributed by atoms with E-state index in [0.717, 1.165) is 29.7 Å². The molecule has 148 valence electrons. The van der Waals surface area contributed by atoms with Gasteiger partial charge >= 0.3 is 0 Å². The number of carbonyl (C=O) groups excluding carboxylic acids is 3. The molecule has 0 saturated carbocycles. The molecule has 3 rings (SSSR count). The summed E-state index contributed by atoms with van der Waals surface area (Å²) in [6, 6.07) is 5.45. The molecule has 3 amide bonds. The van der Waals surface area contributed by atoms with E-state index in [4.69, 9.17) is 5.73 Å². The number of quaternary nitrogens is 1. The van der Waals surface area contributed by atoms with Gasteiger partial charge in [-0.25, -0.2) is 4.39 Å². The Bertz CT molecular complexity index is 911. The minimum atomic E-state index is -0.533. The third kappa shape index (κ3) is 4.73. The normalized spacial score (nSPS) is 13.6. The number of hydrogen-bond donors (Lipinski definition) is 4. The number of anilines is 2. The third-order valence-electron chi connectivity index (χ3n) is 4.47. The number of amides is 3. The lowest BCUT2D eigenvalue weighted by Crippen LogP contribution is -3.11. The summed E-state index contributed by atoms with van der Waals surface area (Å²) in [5.74, 6) is -1.50. The van der Waals surface area contributed by atoms with E-state index in [1.165, 1.54) is 35.6 Å². The maximum Gasteiger partial charge on any atom is 0.280 e. The summed E-state index contributed by atoms with van der Waals surface area (Å²) in [5, 5.41) is 5.91. The van der Waals surface area contributed by atoms with Gasteiger partial charge in [0.1, 0.15) is 10.8 Å². The van der Waals surface area contributed by atoms with Crippen LogP contribution in [0.1, 0.15) is 27.2 Å². The third-order valence-corrected chi connectivity index (χ3v) is 5.68. The number of thiophene rings is 1. The van der Waals surface area contributed by atoms with Crippen molar-refractivity contribution in [3.8, 4) is 0 Å². The van der Waals surface area contributed by atoms with Crippen molar-refractivity contribution >= 4 is 39.7 Å². The van der Waals surface area contributed by atoms with E-state index < -0.39 is 5.91 Å². The highest BCUT2D eigenvalue weighted by Crippen LogP contribution is 2.38. The number of benzene rings is 1. The van der Waals surface area contributed by atoms with Crippen LogP contribution in [0.25, 0.3) is 0 Å². The smallest absolute Gasteiger partial charge is 0.280 e. The number of hydrogen-bond acceptors (Lipinski definition) is 4. The van der Waals surface area contributed by atoms with Crippen molar-refractivity contribution in [1.82, 2.24) is 0 Å². The van der Waals surface area contributed by atoms with Gasteiger partial charge in [0.2, 0.25) is 0 Å². The Kier molecular flexibility index (Phi) is 6.05. The molecule has 1 atom stereocenters. The van der Waals surface area contributed by atoms with Crippen molar-refractivity contribution in [3.63, 3.8) is 0 Å². The molecule has 1 aliphatic carbocycles. The number of rotatable bonds is 7. The Labute approximate surface area is 165 Å². The molecule has 1 aliphatic rings.